The fourth-order valence-corrected chi connectivity index (χ4v) is 1.44. The lowest BCUT2D eigenvalue weighted by Gasteiger charge is -2.08. The standard InChI is InChI=1S/C10H8ClN3O3/c11-8-5(12)4-13-14(10(8)17)6-2-1-3-7(15)9(6)16/h1-4,15-16H,12H2. The Morgan fingerprint density at radius 2 is 2.06 bits per heavy atom. The molecule has 1 aromatic carbocycles. The van der Waals surface area contributed by atoms with Gasteiger partial charge in [0.15, 0.2) is 11.5 Å². The molecule has 0 spiro atoms. The smallest absolute Gasteiger partial charge is 0.292 e. The maximum atomic E-state index is 11.7. The lowest BCUT2D eigenvalue weighted by molar-refractivity contribution is 0.400. The molecule has 0 unspecified atom stereocenters. The van der Waals surface area contributed by atoms with E-state index in [9.17, 15) is 15.0 Å². The predicted octanol–water partition coefficient (Wildman–Crippen LogP) is 0.879. The van der Waals surface area contributed by atoms with Crippen LogP contribution < -0.4 is 11.3 Å². The first-order chi connectivity index (χ1) is 8.02. The fraction of sp³-hybridized carbons (Fsp3) is 0. The molecule has 1 aromatic heterocycles. The van der Waals surface area contributed by atoms with Crippen LogP contribution in [-0.4, -0.2) is 20.0 Å². The molecule has 0 saturated carbocycles. The number of aromatic nitrogens is 2. The van der Waals surface area contributed by atoms with E-state index < -0.39 is 11.3 Å². The summed E-state index contributed by atoms with van der Waals surface area (Å²) < 4.78 is 0.855. The van der Waals surface area contributed by atoms with Crippen molar-refractivity contribution in [2.24, 2.45) is 0 Å². The Morgan fingerprint density at radius 3 is 2.76 bits per heavy atom. The highest BCUT2D eigenvalue weighted by atomic mass is 35.5. The number of anilines is 1. The molecule has 0 bridgehead atoms. The Labute approximate surface area is 100 Å². The number of hydrogen-bond donors (Lipinski definition) is 3. The van der Waals surface area contributed by atoms with Crippen LogP contribution in [0, 0.1) is 0 Å². The molecule has 17 heavy (non-hydrogen) atoms. The van der Waals surface area contributed by atoms with Gasteiger partial charge in [-0.05, 0) is 12.1 Å². The molecule has 2 rings (SSSR count). The minimum absolute atomic E-state index is 0.0249. The van der Waals surface area contributed by atoms with Crippen LogP contribution in [0.4, 0.5) is 5.69 Å². The molecule has 0 amide bonds. The van der Waals surface area contributed by atoms with Crippen molar-refractivity contribution in [2.75, 3.05) is 5.73 Å². The lowest BCUT2D eigenvalue weighted by Crippen LogP contribution is -2.22. The first kappa shape index (κ1) is 11.3. The van der Waals surface area contributed by atoms with Crippen LogP contribution in [0.25, 0.3) is 5.69 Å². The highest BCUT2D eigenvalue weighted by Gasteiger charge is 2.13. The summed E-state index contributed by atoms with van der Waals surface area (Å²) >= 11 is 5.68. The molecule has 7 heteroatoms. The largest absolute Gasteiger partial charge is 0.504 e. The van der Waals surface area contributed by atoms with Crippen LogP contribution >= 0.6 is 11.6 Å². The average molecular weight is 254 g/mol. The van der Waals surface area contributed by atoms with Gasteiger partial charge in [0, 0.05) is 0 Å². The number of nitrogens with two attached hydrogens (primary N) is 1. The van der Waals surface area contributed by atoms with Gasteiger partial charge in [0.1, 0.15) is 10.7 Å². The van der Waals surface area contributed by atoms with Gasteiger partial charge in [-0.2, -0.15) is 9.78 Å². The summed E-state index contributed by atoms with van der Waals surface area (Å²) in [5, 5.41) is 22.5. The molecule has 0 aliphatic heterocycles. The van der Waals surface area contributed by atoms with Crippen LogP contribution in [0.1, 0.15) is 0 Å². The number of phenols is 2. The number of rotatable bonds is 1. The van der Waals surface area contributed by atoms with Crippen molar-refractivity contribution in [2.45, 2.75) is 0 Å². The molecule has 0 aliphatic carbocycles. The minimum atomic E-state index is -0.674. The van der Waals surface area contributed by atoms with Crippen molar-refractivity contribution in [3.8, 4) is 17.2 Å². The number of halogens is 1. The summed E-state index contributed by atoms with van der Waals surface area (Å²) in [6.45, 7) is 0. The van der Waals surface area contributed by atoms with Gasteiger partial charge >= 0.3 is 0 Å². The molecule has 0 fully saturated rings. The lowest BCUT2D eigenvalue weighted by atomic mass is 10.2. The summed E-state index contributed by atoms with van der Waals surface area (Å²) in [4.78, 5) is 11.7. The Morgan fingerprint density at radius 1 is 1.35 bits per heavy atom. The minimum Gasteiger partial charge on any atom is -0.504 e. The fourth-order valence-electron chi connectivity index (χ4n) is 1.31. The summed E-state index contributed by atoms with van der Waals surface area (Å²) in [5.41, 5.74) is 4.82. The monoisotopic (exact) mass is 253 g/mol. The molecule has 0 atom stereocenters. The summed E-state index contributed by atoms with van der Waals surface area (Å²) in [5.74, 6) is -0.813. The van der Waals surface area contributed by atoms with Gasteiger partial charge in [0.2, 0.25) is 0 Å². The van der Waals surface area contributed by atoms with Crippen molar-refractivity contribution in [1.82, 2.24) is 9.78 Å². The molecular formula is C10H8ClN3O3. The van der Waals surface area contributed by atoms with Gasteiger partial charge in [-0.15, -0.1) is 0 Å². The summed E-state index contributed by atoms with van der Waals surface area (Å²) in [6, 6.07) is 4.15. The van der Waals surface area contributed by atoms with Crippen molar-refractivity contribution >= 4 is 17.3 Å². The average Bonchev–Trinajstić information content (AvgIpc) is 2.31. The molecule has 4 N–H and O–H groups in total. The molecule has 1 heterocycles. The van der Waals surface area contributed by atoms with Crippen molar-refractivity contribution in [3.63, 3.8) is 0 Å². The molecule has 6 nitrogen and oxygen atoms in total. The Hall–Kier alpha value is -2.21. The van der Waals surface area contributed by atoms with Crippen LogP contribution in [-0.2, 0) is 0 Å². The zero-order valence-electron chi connectivity index (χ0n) is 8.46. The number of benzene rings is 1. The van der Waals surface area contributed by atoms with Gasteiger partial charge in [-0.3, -0.25) is 4.79 Å². The van der Waals surface area contributed by atoms with Gasteiger partial charge in [-0.25, -0.2) is 0 Å². The first-order valence-electron chi connectivity index (χ1n) is 4.57. The molecule has 0 radical (unpaired) electrons. The number of hydrogen-bond acceptors (Lipinski definition) is 5. The number of phenolic OH excluding ortho intramolecular Hbond substituents is 2. The molecule has 0 aliphatic rings. The Bertz CT molecular complexity index is 639. The number of nitrogens with zero attached hydrogens (tertiary/aromatic N) is 2. The maximum Gasteiger partial charge on any atom is 0.292 e. The third-order valence-corrected chi connectivity index (χ3v) is 2.55. The molecule has 88 valence electrons. The van der Waals surface area contributed by atoms with E-state index in [1.165, 1.54) is 24.4 Å². The van der Waals surface area contributed by atoms with Crippen LogP contribution in [0.2, 0.25) is 5.02 Å². The van der Waals surface area contributed by atoms with E-state index >= 15 is 0 Å². The van der Waals surface area contributed by atoms with E-state index in [1.807, 2.05) is 0 Å². The molecule has 0 saturated heterocycles. The normalized spacial score (nSPS) is 10.4. The zero-order chi connectivity index (χ0) is 12.6. The van der Waals surface area contributed by atoms with Crippen molar-refractivity contribution < 1.29 is 10.2 Å². The van der Waals surface area contributed by atoms with Gasteiger partial charge in [-0.1, -0.05) is 17.7 Å². The first-order valence-corrected chi connectivity index (χ1v) is 4.95. The quantitative estimate of drug-likeness (QED) is 0.655. The SMILES string of the molecule is Nc1cnn(-c2cccc(O)c2O)c(=O)c1Cl. The number of para-hydroxylation sites is 1. The van der Waals surface area contributed by atoms with Crippen LogP contribution in [0.3, 0.4) is 0 Å². The zero-order valence-corrected chi connectivity index (χ0v) is 9.22. The van der Waals surface area contributed by atoms with Crippen LogP contribution in [0.15, 0.2) is 29.2 Å². The van der Waals surface area contributed by atoms with E-state index in [0.29, 0.717) is 0 Å². The second-order valence-electron chi connectivity index (χ2n) is 3.28. The second kappa shape index (κ2) is 3.99. The second-order valence-corrected chi connectivity index (χ2v) is 3.65. The van der Waals surface area contributed by atoms with Crippen molar-refractivity contribution in [3.05, 3.63) is 39.8 Å². The van der Waals surface area contributed by atoms with E-state index in [-0.39, 0.29) is 22.1 Å². The highest BCUT2D eigenvalue weighted by Crippen LogP contribution is 2.30. The summed E-state index contributed by atoms with van der Waals surface area (Å²) in [7, 11) is 0. The highest BCUT2D eigenvalue weighted by molar-refractivity contribution is 6.32. The van der Waals surface area contributed by atoms with E-state index in [2.05, 4.69) is 5.10 Å². The molecule has 2 aromatic rings. The maximum absolute atomic E-state index is 11.7. The number of aromatic hydroxyl groups is 2. The third-order valence-electron chi connectivity index (χ3n) is 2.17. The van der Waals surface area contributed by atoms with Gasteiger partial charge in [0.05, 0.1) is 11.9 Å². The Balaban J connectivity index is 2.74. The number of nitrogen functional groups attached to an aromatic ring is 1. The van der Waals surface area contributed by atoms with E-state index in [1.54, 1.807) is 0 Å². The summed E-state index contributed by atoms with van der Waals surface area (Å²) in [6.07, 6.45) is 1.19. The van der Waals surface area contributed by atoms with Crippen LogP contribution in [0.5, 0.6) is 11.5 Å². The van der Waals surface area contributed by atoms with Gasteiger partial charge < -0.3 is 15.9 Å². The predicted molar refractivity (Wildman–Crippen MR) is 62.6 cm³/mol. The van der Waals surface area contributed by atoms with E-state index in [4.69, 9.17) is 17.3 Å². The van der Waals surface area contributed by atoms with Crippen molar-refractivity contribution in [1.29, 1.82) is 0 Å². The Kier molecular flexibility index (Phi) is 2.64. The van der Waals surface area contributed by atoms with Gasteiger partial charge in [0.25, 0.3) is 5.56 Å². The topological polar surface area (TPSA) is 101 Å². The molecular weight excluding hydrogens is 246 g/mol. The van der Waals surface area contributed by atoms with E-state index in [0.717, 1.165) is 4.68 Å². The third kappa shape index (κ3) is 1.78.